The Morgan fingerprint density at radius 1 is 1.50 bits per heavy atom. The van der Waals surface area contributed by atoms with Crippen molar-refractivity contribution < 1.29 is 4.39 Å². The van der Waals surface area contributed by atoms with Gasteiger partial charge in [0, 0.05) is 12.6 Å². The molecule has 1 aromatic carbocycles. The Bertz CT molecular complexity index is 573. The Balaban J connectivity index is 2.60. The molecule has 0 fully saturated rings. The molecular formula is C11H12ClFN2S. The third kappa shape index (κ3) is 1.99. The molecule has 2 nitrogen and oxygen atoms in total. The normalized spacial score (nSPS) is 11.2. The molecule has 1 aromatic heterocycles. The zero-order valence-corrected chi connectivity index (χ0v) is 10.5. The molecule has 16 heavy (non-hydrogen) atoms. The van der Waals surface area contributed by atoms with Crippen molar-refractivity contribution in [1.29, 1.82) is 0 Å². The molecule has 0 atom stereocenters. The van der Waals surface area contributed by atoms with Crippen LogP contribution in [0.25, 0.3) is 11.0 Å². The maximum absolute atomic E-state index is 13.2. The fourth-order valence-electron chi connectivity index (χ4n) is 1.69. The van der Waals surface area contributed by atoms with Gasteiger partial charge in [0.2, 0.25) is 0 Å². The van der Waals surface area contributed by atoms with Crippen LogP contribution in [-0.4, -0.2) is 9.55 Å². The van der Waals surface area contributed by atoms with Crippen molar-refractivity contribution in [3.8, 4) is 0 Å². The first-order valence-electron chi connectivity index (χ1n) is 5.21. The van der Waals surface area contributed by atoms with Crippen LogP contribution in [0.5, 0.6) is 0 Å². The van der Waals surface area contributed by atoms with Crippen LogP contribution in [-0.2, 0) is 6.54 Å². The van der Waals surface area contributed by atoms with E-state index in [0.717, 1.165) is 24.9 Å². The zero-order chi connectivity index (χ0) is 11.7. The van der Waals surface area contributed by atoms with Crippen LogP contribution < -0.4 is 0 Å². The van der Waals surface area contributed by atoms with Crippen molar-refractivity contribution in [2.24, 2.45) is 0 Å². The zero-order valence-electron chi connectivity index (χ0n) is 8.89. The van der Waals surface area contributed by atoms with Gasteiger partial charge in [-0.2, -0.15) is 0 Å². The summed E-state index contributed by atoms with van der Waals surface area (Å²) in [7, 11) is 0. The van der Waals surface area contributed by atoms with E-state index in [-0.39, 0.29) is 5.02 Å². The lowest BCUT2D eigenvalue weighted by atomic mass is 10.3. The maximum atomic E-state index is 13.2. The number of halogens is 2. The lowest BCUT2D eigenvalue weighted by Crippen LogP contribution is -1.97. The van der Waals surface area contributed by atoms with E-state index in [9.17, 15) is 4.39 Å². The number of aryl methyl sites for hydroxylation is 1. The molecule has 2 rings (SSSR count). The second-order valence-electron chi connectivity index (χ2n) is 3.72. The van der Waals surface area contributed by atoms with Crippen molar-refractivity contribution in [1.82, 2.24) is 9.55 Å². The number of aromatic nitrogens is 2. The standard InChI is InChI=1S/C11H12ClFN2S/c1-2-3-4-15-10-5-7(12)8(13)6-9(10)14-11(15)16/h5-6H,2-4H2,1H3,(H,14,16). The number of rotatable bonds is 3. The smallest absolute Gasteiger partial charge is 0.178 e. The molecule has 5 heteroatoms. The van der Waals surface area contributed by atoms with Crippen molar-refractivity contribution in [2.45, 2.75) is 26.3 Å². The molecule has 0 radical (unpaired) electrons. The van der Waals surface area contributed by atoms with E-state index < -0.39 is 5.82 Å². The van der Waals surface area contributed by atoms with Gasteiger partial charge in [0.15, 0.2) is 4.77 Å². The van der Waals surface area contributed by atoms with E-state index in [0.29, 0.717) is 10.3 Å². The first-order valence-corrected chi connectivity index (χ1v) is 5.99. The van der Waals surface area contributed by atoms with Crippen molar-refractivity contribution in [3.05, 3.63) is 27.7 Å². The Kier molecular flexibility index (Phi) is 3.30. The Hall–Kier alpha value is -0.870. The molecule has 0 amide bonds. The Morgan fingerprint density at radius 3 is 2.94 bits per heavy atom. The summed E-state index contributed by atoms with van der Waals surface area (Å²) in [6.45, 7) is 2.95. The molecule has 2 aromatic rings. The van der Waals surface area contributed by atoms with E-state index in [1.165, 1.54) is 6.07 Å². The van der Waals surface area contributed by atoms with Crippen molar-refractivity contribution >= 4 is 34.9 Å². The summed E-state index contributed by atoms with van der Waals surface area (Å²) in [6, 6.07) is 3.00. The Labute approximate surface area is 103 Å². The van der Waals surface area contributed by atoms with Gasteiger partial charge in [-0.3, -0.25) is 0 Å². The minimum Gasteiger partial charge on any atom is -0.330 e. The van der Waals surface area contributed by atoms with Crippen LogP contribution in [0, 0.1) is 10.6 Å². The minimum absolute atomic E-state index is 0.131. The highest BCUT2D eigenvalue weighted by Gasteiger charge is 2.08. The van der Waals surface area contributed by atoms with Gasteiger partial charge < -0.3 is 9.55 Å². The number of hydrogen-bond donors (Lipinski definition) is 1. The van der Waals surface area contributed by atoms with Gasteiger partial charge in [-0.1, -0.05) is 24.9 Å². The van der Waals surface area contributed by atoms with Gasteiger partial charge in [-0.25, -0.2) is 4.39 Å². The van der Waals surface area contributed by atoms with E-state index >= 15 is 0 Å². The van der Waals surface area contributed by atoms with Crippen LogP contribution in [0.2, 0.25) is 5.02 Å². The molecule has 1 heterocycles. The third-order valence-electron chi connectivity index (χ3n) is 2.55. The highest BCUT2D eigenvalue weighted by atomic mass is 35.5. The van der Waals surface area contributed by atoms with Crippen LogP contribution in [0.1, 0.15) is 19.8 Å². The third-order valence-corrected chi connectivity index (χ3v) is 3.16. The average Bonchev–Trinajstić information content (AvgIpc) is 2.52. The van der Waals surface area contributed by atoms with E-state index in [2.05, 4.69) is 11.9 Å². The maximum Gasteiger partial charge on any atom is 0.178 e. The molecule has 0 spiro atoms. The number of benzene rings is 1. The van der Waals surface area contributed by atoms with E-state index in [1.54, 1.807) is 6.07 Å². The molecule has 0 unspecified atom stereocenters. The van der Waals surface area contributed by atoms with Gasteiger partial charge in [0.1, 0.15) is 5.82 Å². The fraction of sp³-hybridized carbons (Fsp3) is 0.364. The van der Waals surface area contributed by atoms with E-state index in [1.807, 2.05) is 4.57 Å². The van der Waals surface area contributed by atoms with Crippen LogP contribution in [0.15, 0.2) is 12.1 Å². The molecule has 0 aliphatic rings. The fourth-order valence-corrected chi connectivity index (χ4v) is 2.15. The summed E-state index contributed by atoms with van der Waals surface area (Å²) in [4.78, 5) is 2.98. The molecular weight excluding hydrogens is 247 g/mol. The molecule has 0 aliphatic heterocycles. The summed E-state index contributed by atoms with van der Waals surface area (Å²) < 4.78 is 15.8. The highest BCUT2D eigenvalue weighted by Crippen LogP contribution is 2.23. The van der Waals surface area contributed by atoms with Gasteiger partial charge in [0.25, 0.3) is 0 Å². The van der Waals surface area contributed by atoms with E-state index in [4.69, 9.17) is 23.8 Å². The van der Waals surface area contributed by atoms with Crippen molar-refractivity contribution in [2.75, 3.05) is 0 Å². The lowest BCUT2D eigenvalue weighted by molar-refractivity contribution is 0.628. The molecule has 0 saturated heterocycles. The molecule has 1 N–H and O–H groups in total. The second kappa shape index (κ2) is 4.55. The first kappa shape index (κ1) is 11.6. The summed E-state index contributed by atoms with van der Waals surface area (Å²) in [5.74, 6) is -0.423. The van der Waals surface area contributed by atoms with Crippen LogP contribution in [0.4, 0.5) is 4.39 Å². The monoisotopic (exact) mass is 258 g/mol. The van der Waals surface area contributed by atoms with Gasteiger partial charge in [-0.05, 0) is 24.7 Å². The Morgan fingerprint density at radius 2 is 2.25 bits per heavy atom. The minimum atomic E-state index is -0.423. The topological polar surface area (TPSA) is 20.7 Å². The summed E-state index contributed by atoms with van der Waals surface area (Å²) >= 11 is 11.0. The molecule has 86 valence electrons. The number of imidazole rings is 1. The number of nitrogens with zero attached hydrogens (tertiary/aromatic N) is 1. The second-order valence-corrected chi connectivity index (χ2v) is 4.51. The number of unbranched alkanes of at least 4 members (excludes halogenated alkanes) is 1. The predicted octanol–water partition coefficient (Wildman–Crippen LogP) is 4.29. The van der Waals surface area contributed by atoms with Gasteiger partial charge >= 0.3 is 0 Å². The molecule has 0 aliphatic carbocycles. The largest absolute Gasteiger partial charge is 0.330 e. The van der Waals surface area contributed by atoms with Crippen molar-refractivity contribution in [3.63, 3.8) is 0 Å². The quantitative estimate of drug-likeness (QED) is 0.815. The predicted molar refractivity (Wildman–Crippen MR) is 67.0 cm³/mol. The number of hydrogen-bond acceptors (Lipinski definition) is 1. The van der Waals surface area contributed by atoms with Crippen LogP contribution >= 0.6 is 23.8 Å². The number of nitrogens with one attached hydrogen (secondary N) is 1. The van der Waals surface area contributed by atoms with Gasteiger partial charge in [-0.15, -0.1) is 0 Å². The first-order chi connectivity index (χ1) is 7.63. The number of H-pyrrole nitrogens is 1. The number of aromatic amines is 1. The molecule has 0 saturated carbocycles. The summed E-state index contributed by atoms with van der Waals surface area (Å²) in [5.41, 5.74) is 1.56. The average molecular weight is 259 g/mol. The van der Waals surface area contributed by atoms with Crippen LogP contribution in [0.3, 0.4) is 0 Å². The SMILES string of the molecule is CCCCn1c(=S)[nH]c2cc(F)c(Cl)cc21. The summed E-state index contributed by atoms with van der Waals surface area (Å²) in [6.07, 6.45) is 2.12. The summed E-state index contributed by atoms with van der Waals surface area (Å²) in [5, 5.41) is 0.131. The number of fused-ring (bicyclic) bond motifs is 1. The van der Waals surface area contributed by atoms with Gasteiger partial charge in [0.05, 0.1) is 16.1 Å². The molecule has 0 bridgehead atoms. The lowest BCUT2D eigenvalue weighted by Gasteiger charge is -2.03. The highest BCUT2D eigenvalue weighted by molar-refractivity contribution is 7.71.